The molecule has 110 valence electrons. The lowest BCUT2D eigenvalue weighted by molar-refractivity contribution is -0.139. The topological polar surface area (TPSA) is 61.2 Å². The summed E-state index contributed by atoms with van der Waals surface area (Å²) in [5.74, 6) is -0.0977. The summed E-state index contributed by atoms with van der Waals surface area (Å²) in [5, 5.41) is 1.000. The molecule has 0 radical (unpaired) electrons. The van der Waals surface area contributed by atoms with Gasteiger partial charge < -0.3 is 4.74 Å². The molecule has 1 unspecified atom stereocenters. The second kappa shape index (κ2) is 6.67. The van der Waals surface area contributed by atoms with E-state index in [1.807, 2.05) is 6.92 Å². The lowest BCUT2D eigenvalue weighted by atomic mass is 10.2. The summed E-state index contributed by atoms with van der Waals surface area (Å²) >= 11 is 2.86. The average molecular weight is 314 g/mol. The molecular formula is C13H18N2O3S2. The monoisotopic (exact) mass is 314 g/mol. The summed E-state index contributed by atoms with van der Waals surface area (Å²) in [4.78, 5) is 29.2. The predicted octanol–water partition coefficient (Wildman–Crippen LogP) is 1.96. The van der Waals surface area contributed by atoms with Crippen molar-refractivity contribution in [3.63, 3.8) is 0 Å². The van der Waals surface area contributed by atoms with Gasteiger partial charge in [-0.3, -0.25) is 14.2 Å². The maximum atomic E-state index is 12.4. The molecule has 20 heavy (non-hydrogen) atoms. The number of thioether (sulfide) groups is 2. The van der Waals surface area contributed by atoms with Crippen LogP contribution in [0.1, 0.15) is 26.5 Å². The van der Waals surface area contributed by atoms with Crippen LogP contribution < -0.4 is 5.56 Å². The van der Waals surface area contributed by atoms with Crippen LogP contribution >= 0.6 is 23.5 Å². The molecule has 0 aliphatic carbocycles. The highest BCUT2D eigenvalue weighted by atomic mass is 32.2. The fourth-order valence-corrected chi connectivity index (χ4v) is 4.04. The lowest BCUT2D eigenvalue weighted by Crippen LogP contribution is -2.25. The number of fused-ring (bicyclic) bond motifs is 1. The van der Waals surface area contributed by atoms with Crippen molar-refractivity contribution in [3.05, 3.63) is 16.0 Å². The van der Waals surface area contributed by atoms with Gasteiger partial charge in [-0.2, -0.15) is 0 Å². The Morgan fingerprint density at radius 2 is 2.30 bits per heavy atom. The summed E-state index contributed by atoms with van der Waals surface area (Å²) in [6.45, 7) is 6.70. The summed E-state index contributed by atoms with van der Waals surface area (Å²) in [6, 6.07) is 0. The van der Waals surface area contributed by atoms with Gasteiger partial charge in [0, 0.05) is 18.2 Å². The van der Waals surface area contributed by atoms with Crippen molar-refractivity contribution in [1.29, 1.82) is 0 Å². The van der Waals surface area contributed by atoms with E-state index >= 15 is 0 Å². The number of hydrogen-bond acceptors (Lipinski definition) is 6. The highest BCUT2D eigenvalue weighted by Gasteiger charge is 2.26. The van der Waals surface area contributed by atoms with Crippen LogP contribution in [0.4, 0.5) is 0 Å². The number of hydrogen-bond donors (Lipinski definition) is 0. The number of aromatic nitrogens is 2. The minimum atomic E-state index is -0.280. The van der Waals surface area contributed by atoms with Crippen molar-refractivity contribution in [1.82, 2.24) is 9.55 Å². The minimum absolute atomic E-state index is 0.0122. The smallest absolute Gasteiger partial charge is 0.316 e. The summed E-state index contributed by atoms with van der Waals surface area (Å²) < 4.78 is 6.53. The Kier molecular flexibility index (Phi) is 5.15. The second-order valence-corrected chi connectivity index (χ2v) is 6.84. The van der Waals surface area contributed by atoms with Gasteiger partial charge in [-0.05, 0) is 13.8 Å². The summed E-state index contributed by atoms with van der Waals surface area (Å²) in [6.07, 6.45) is 0.812. The normalized spacial score (nSPS) is 17.1. The van der Waals surface area contributed by atoms with Gasteiger partial charge in [0.25, 0.3) is 5.56 Å². The predicted molar refractivity (Wildman–Crippen MR) is 80.6 cm³/mol. The highest BCUT2D eigenvalue weighted by Crippen LogP contribution is 2.34. The Morgan fingerprint density at radius 3 is 2.95 bits per heavy atom. The van der Waals surface area contributed by atoms with Gasteiger partial charge in [-0.25, -0.2) is 4.98 Å². The minimum Gasteiger partial charge on any atom is -0.465 e. The fraction of sp³-hybridized carbons (Fsp3) is 0.615. The van der Waals surface area contributed by atoms with Crippen molar-refractivity contribution in [2.45, 2.75) is 49.0 Å². The number of rotatable bonds is 5. The Bertz CT molecular complexity index is 571. The SMILES string of the molecule is CCOC(=O)CSc1nc2c(c(=O)n1CC)SC(C)C2. The van der Waals surface area contributed by atoms with E-state index in [9.17, 15) is 9.59 Å². The van der Waals surface area contributed by atoms with Crippen molar-refractivity contribution in [2.75, 3.05) is 12.4 Å². The molecule has 7 heteroatoms. The van der Waals surface area contributed by atoms with E-state index in [1.165, 1.54) is 11.8 Å². The van der Waals surface area contributed by atoms with E-state index in [2.05, 4.69) is 11.9 Å². The molecule has 0 amide bonds. The van der Waals surface area contributed by atoms with E-state index in [1.54, 1.807) is 23.3 Å². The first kappa shape index (κ1) is 15.4. The first-order valence-electron chi connectivity index (χ1n) is 6.65. The third kappa shape index (κ3) is 3.20. The molecule has 0 spiro atoms. The largest absolute Gasteiger partial charge is 0.465 e. The molecule has 1 aromatic heterocycles. The van der Waals surface area contributed by atoms with Crippen molar-refractivity contribution in [2.24, 2.45) is 0 Å². The maximum absolute atomic E-state index is 12.4. The van der Waals surface area contributed by atoms with Gasteiger partial charge >= 0.3 is 5.97 Å². The zero-order valence-electron chi connectivity index (χ0n) is 11.8. The van der Waals surface area contributed by atoms with Gasteiger partial charge in [0.2, 0.25) is 0 Å². The van der Waals surface area contributed by atoms with E-state index < -0.39 is 0 Å². The Labute approximate surface area is 126 Å². The van der Waals surface area contributed by atoms with Gasteiger partial charge in [0.05, 0.1) is 22.9 Å². The number of esters is 1. The van der Waals surface area contributed by atoms with Gasteiger partial charge in [-0.15, -0.1) is 11.8 Å². The first-order valence-corrected chi connectivity index (χ1v) is 8.52. The van der Waals surface area contributed by atoms with Gasteiger partial charge in [0.1, 0.15) is 0 Å². The third-order valence-corrected chi connectivity index (χ3v) is 5.07. The molecule has 1 aliphatic heterocycles. The van der Waals surface area contributed by atoms with Crippen LogP contribution in [0.5, 0.6) is 0 Å². The van der Waals surface area contributed by atoms with Crippen molar-refractivity contribution >= 4 is 29.5 Å². The maximum Gasteiger partial charge on any atom is 0.316 e. The molecule has 1 aromatic rings. The van der Waals surface area contributed by atoms with Crippen molar-refractivity contribution in [3.8, 4) is 0 Å². The molecular weight excluding hydrogens is 296 g/mol. The standard InChI is InChI=1S/C13H18N2O3S2/c1-4-15-12(17)11-9(6-8(3)20-11)14-13(15)19-7-10(16)18-5-2/h8H,4-7H2,1-3H3. The van der Waals surface area contributed by atoms with Crippen LogP contribution in [0.3, 0.4) is 0 Å². The zero-order valence-corrected chi connectivity index (χ0v) is 13.5. The van der Waals surface area contributed by atoms with Crippen LogP contribution in [-0.2, 0) is 22.5 Å². The molecule has 0 saturated carbocycles. The molecule has 5 nitrogen and oxygen atoms in total. The summed E-state index contributed by atoms with van der Waals surface area (Å²) in [5.41, 5.74) is 0.877. The molecule has 2 heterocycles. The van der Waals surface area contributed by atoms with Crippen LogP contribution in [0, 0.1) is 0 Å². The molecule has 0 fully saturated rings. The van der Waals surface area contributed by atoms with E-state index in [-0.39, 0.29) is 17.3 Å². The molecule has 0 aromatic carbocycles. The lowest BCUT2D eigenvalue weighted by Gasteiger charge is -2.11. The quantitative estimate of drug-likeness (QED) is 0.470. The van der Waals surface area contributed by atoms with Crippen LogP contribution in [0.2, 0.25) is 0 Å². The third-order valence-electron chi connectivity index (χ3n) is 2.90. The zero-order chi connectivity index (χ0) is 14.7. The molecule has 1 atom stereocenters. The van der Waals surface area contributed by atoms with Gasteiger partial charge in [-0.1, -0.05) is 18.7 Å². The van der Waals surface area contributed by atoms with Crippen LogP contribution in [0.25, 0.3) is 0 Å². The second-order valence-electron chi connectivity index (χ2n) is 4.45. The van der Waals surface area contributed by atoms with Crippen LogP contribution in [0.15, 0.2) is 14.8 Å². The molecule has 1 aliphatic rings. The Balaban J connectivity index is 2.25. The molecule has 0 N–H and O–H groups in total. The molecule has 2 rings (SSSR count). The Hall–Kier alpha value is -0.950. The highest BCUT2D eigenvalue weighted by molar-refractivity contribution is 8.00. The Morgan fingerprint density at radius 1 is 1.55 bits per heavy atom. The van der Waals surface area contributed by atoms with E-state index in [0.29, 0.717) is 23.6 Å². The van der Waals surface area contributed by atoms with Gasteiger partial charge in [0.15, 0.2) is 5.16 Å². The van der Waals surface area contributed by atoms with E-state index in [4.69, 9.17) is 4.74 Å². The number of ether oxygens (including phenoxy) is 1. The van der Waals surface area contributed by atoms with E-state index in [0.717, 1.165) is 17.0 Å². The molecule has 0 bridgehead atoms. The number of carbonyl (C=O) groups is 1. The number of carbonyl (C=O) groups excluding carboxylic acids is 1. The van der Waals surface area contributed by atoms with Crippen molar-refractivity contribution < 1.29 is 9.53 Å². The first-order chi connectivity index (χ1) is 9.56. The molecule has 0 saturated heterocycles. The van der Waals surface area contributed by atoms with Crippen LogP contribution in [-0.4, -0.2) is 33.1 Å². The fourth-order valence-electron chi connectivity index (χ4n) is 2.05. The number of nitrogens with zero attached hydrogens (tertiary/aromatic N) is 2. The average Bonchev–Trinajstić information content (AvgIpc) is 2.78. The summed E-state index contributed by atoms with van der Waals surface area (Å²) in [7, 11) is 0.